The van der Waals surface area contributed by atoms with Gasteiger partial charge in [-0.3, -0.25) is 9.59 Å². The quantitative estimate of drug-likeness (QED) is 0.481. The zero-order valence-electron chi connectivity index (χ0n) is 19.3. The number of fused-ring (bicyclic) bond motifs is 1. The van der Waals surface area contributed by atoms with Crippen LogP contribution in [-0.4, -0.2) is 18.4 Å². The number of benzene rings is 3. The number of aryl methyl sites for hydroxylation is 2. The molecule has 2 heterocycles. The number of carbonyl (C=O) groups excluding carboxylic acids is 2. The number of amides is 2. The molecule has 0 radical (unpaired) electrons. The minimum atomic E-state index is -0.265. The molecule has 0 spiro atoms. The Morgan fingerprint density at radius 3 is 2.21 bits per heavy atom. The second kappa shape index (κ2) is 8.36. The number of rotatable bonds is 4. The van der Waals surface area contributed by atoms with Crippen molar-refractivity contribution in [2.45, 2.75) is 39.5 Å². The van der Waals surface area contributed by atoms with E-state index in [4.69, 9.17) is 0 Å². The van der Waals surface area contributed by atoms with Gasteiger partial charge in [-0.05, 0) is 60.6 Å². The molecule has 4 heteroatoms. The molecule has 0 saturated heterocycles. The number of carbonyl (C=O) groups is 2. The molecule has 0 saturated carbocycles. The van der Waals surface area contributed by atoms with Crippen molar-refractivity contribution in [1.29, 1.82) is 0 Å². The molecule has 4 nitrogen and oxygen atoms in total. The summed E-state index contributed by atoms with van der Waals surface area (Å²) in [6.07, 6.45) is 1.91. The van der Waals surface area contributed by atoms with Gasteiger partial charge >= 0.3 is 0 Å². The Bertz CT molecular complexity index is 1250. The summed E-state index contributed by atoms with van der Waals surface area (Å²) in [4.78, 5) is 31.1. The number of nitrogens with zero attached hydrogens (tertiary/aromatic N) is 2. The van der Waals surface area contributed by atoms with Crippen molar-refractivity contribution >= 4 is 28.8 Å². The summed E-state index contributed by atoms with van der Waals surface area (Å²) in [6.45, 7) is 6.99. The Hall–Kier alpha value is -3.66. The van der Waals surface area contributed by atoms with E-state index in [1.54, 1.807) is 0 Å². The summed E-state index contributed by atoms with van der Waals surface area (Å²) >= 11 is 0. The van der Waals surface area contributed by atoms with E-state index in [0.29, 0.717) is 29.4 Å². The van der Waals surface area contributed by atoms with Crippen LogP contribution in [0, 0.1) is 6.92 Å². The molecule has 166 valence electrons. The minimum absolute atomic E-state index is 0.260. The molecule has 0 atom stereocenters. The van der Waals surface area contributed by atoms with Crippen LogP contribution in [0.25, 0.3) is 5.57 Å². The van der Waals surface area contributed by atoms with Crippen molar-refractivity contribution < 1.29 is 9.59 Å². The average Bonchev–Trinajstić information content (AvgIpc) is 3.09. The highest BCUT2D eigenvalue weighted by atomic mass is 16.2. The van der Waals surface area contributed by atoms with Gasteiger partial charge in [0.1, 0.15) is 5.70 Å². The molecule has 3 aromatic carbocycles. The third-order valence-electron chi connectivity index (χ3n) is 6.60. The van der Waals surface area contributed by atoms with E-state index in [1.165, 1.54) is 16.0 Å². The maximum Gasteiger partial charge on any atom is 0.282 e. The first-order chi connectivity index (χ1) is 16.0. The van der Waals surface area contributed by atoms with Crippen molar-refractivity contribution in [3.05, 3.63) is 101 Å². The first kappa shape index (κ1) is 21.2. The van der Waals surface area contributed by atoms with Crippen molar-refractivity contribution in [2.75, 3.05) is 16.3 Å². The Morgan fingerprint density at radius 1 is 0.818 bits per heavy atom. The highest BCUT2D eigenvalue weighted by Crippen LogP contribution is 2.39. The van der Waals surface area contributed by atoms with E-state index in [-0.39, 0.29) is 11.8 Å². The van der Waals surface area contributed by atoms with Gasteiger partial charge in [-0.15, -0.1) is 0 Å². The van der Waals surface area contributed by atoms with Crippen LogP contribution in [0.3, 0.4) is 0 Å². The summed E-state index contributed by atoms with van der Waals surface area (Å²) in [5.41, 5.74) is 6.85. The van der Waals surface area contributed by atoms with Crippen LogP contribution in [0.1, 0.15) is 48.4 Å². The summed E-state index contributed by atoms with van der Waals surface area (Å²) in [5.74, 6) is -0.144. The zero-order chi connectivity index (χ0) is 23.1. The van der Waals surface area contributed by atoms with Gasteiger partial charge in [0.25, 0.3) is 11.8 Å². The molecule has 0 fully saturated rings. The largest absolute Gasteiger partial charge is 0.336 e. The minimum Gasteiger partial charge on any atom is -0.336 e. The number of hydrogen-bond acceptors (Lipinski definition) is 3. The van der Waals surface area contributed by atoms with Crippen LogP contribution in [0.2, 0.25) is 0 Å². The fourth-order valence-corrected chi connectivity index (χ4v) is 4.76. The van der Waals surface area contributed by atoms with Crippen LogP contribution >= 0.6 is 0 Å². The summed E-state index contributed by atoms with van der Waals surface area (Å²) in [5, 5.41) is 0. The lowest BCUT2D eigenvalue weighted by molar-refractivity contribution is -0.120. The Morgan fingerprint density at radius 2 is 1.52 bits per heavy atom. The molecule has 0 bridgehead atoms. The van der Waals surface area contributed by atoms with Crippen LogP contribution in [0.15, 0.2) is 78.5 Å². The fourth-order valence-electron chi connectivity index (χ4n) is 4.76. The van der Waals surface area contributed by atoms with Crippen LogP contribution in [0.4, 0.5) is 11.4 Å². The number of hydrogen-bond donors (Lipinski definition) is 0. The molecule has 5 rings (SSSR count). The molecule has 33 heavy (non-hydrogen) atoms. The first-order valence-corrected chi connectivity index (χ1v) is 11.6. The van der Waals surface area contributed by atoms with Gasteiger partial charge in [0, 0.05) is 12.2 Å². The van der Waals surface area contributed by atoms with Gasteiger partial charge in [0.15, 0.2) is 0 Å². The second-order valence-corrected chi connectivity index (χ2v) is 9.17. The summed E-state index contributed by atoms with van der Waals surface area (Å²) in [7, 11) is 0. The topological polar surface area (TPSA) is 40.6 Å². The molecule has 2 amide bonds. The van der Waals surface area contributed by atoms with Crippen molar-refractivity contribution in [1.82, 2.24) is 0 Å². The maximum atomic E-state index is 13.9. The third kappa shape index (κ3) is 3.66. The van der Waals surface area contributed by atoms with E-state index in [0.717, 1.165) is 29.7 Å². The second-order valence-electron chi connectivity index (χ2n) is 9.17. The number of para-hydroxylation sites is 1. The van der Waals surface area contributed by atoms with Crippen molar-refractivity contribution in [3.8, 4) is 0 Å². The Balaban J connectivity index is 1.65. The predicted octanol–water partition coefficient (Wildman–Crippen LogP) is 5.86. The molecule has 2 aliphatic rings. The van der Waals surface area contributed by atoms with E-state index in [1.807, 2.05) is 73.7 Å². The Labute approximate surface area is 195 Å². The van der Waals surface area contributed by atoms with Crippen LogP contribution in [0.5, 0.6) is 0 Å². The number of anilines is 2. The van der Waals surface area contributed by atoms with Gasteiger partial charge in [0.05, 0.1) is 11.3 Å². The predicted molar refractivity (Wildman–Crippen MR) is 133 cm³/mol. The van der Waals surface area contributed by atoms with Gasteiger partial charge < -0.3 is 4.90 Å². The van der Waals surface area contributed by atoms with Crippen LogP contribution < -0.4 is 9.80 Å². The van der Waals surface area contributed by atoms with Crippen molar-refractivity contribution in [3.63, 3.8) is 0 Å². The zero-order valence-corrected chi connectivity index (χ0v) is 19.3. The van der Waals surface area contributed by atoms with E-state index in [2.05, 4.69) is 24.8 Å². The molecule has 0 N–H and O–H groups in total. The normalized spacial score (nSPS) is 16.1. The summed E-state index contributed by atoms with van der Waals surface area (Å²) in [6, 6.07) is 23.8. The van der Waals surface area contributed by atoms with E-state index in [9.17, 15) is 9.59 Å². The first-order valence-electron chi connectivity index (χ1n) is 11.6. The molecular weight excluding hydrogens is 408 g/mol. The Kier molecular flexibility index (Phi) is 5.37. The highest BCUT2D eigenvalue weighted by molar-refractivity contribution is 6.46. The maximum absolute atomic E-state index is 13.9. The van der Waals surface area contributed by atoms with Gasteiger partial charge in [-0.25, -0.2) is 4.90 Å². The van der Waals surface area contributed by atoms with Crippen LogP contribution in [-0.2, 0) is 16.0 Å². The van der Waals surface area contributed by atoms with Gasteiger partial charge in [-0.1, -0.05) is 74.0 Å². The average molecular weight is 437 g/mol. The summed E-state index contributed by atoms with van der Waals surface area (Å²) < 4.78 is 0. The molecule has 0 unspecified atom stereocenters. The van der Waals surface area contributed by atoms with Crippen molar-refractivity contribution in [2.24, 2.45) is 0 Å². The third-order valence-corrected chi connectivity index (χ3v) is 6.60. The molecule has 0 aromatic heterocycles. The van der Waals surface area contributed by atoms with E-state index < -0.39 is 0 Å². The number of imide groups is 1. The molecule has 3 aromatic rings. The standard InChI is InChI=1S/C29H28N2O2/c1-19(2)21-14-16-24(17-15-21)31-28(32)26(23-12-10-20(3)11-13-23)27(29(31)33)30-18-6-8-22-7-4-5-9-25(22)30/h4-5,7,9-17,19H,6,8,18H2,1-3H3. The molecular formula is C29H28N2O2. The van der Waals surface area contributed by atoms with E-state index >= 15 is 0 Å². The SMILES string of the molecule is Cc1ccc(C2=C(N3CCCc4ccccc43)C(=O)N(c3ccc(C(C)C)cc3)C2=O)cc1. The fraction of sp³-hybridized carbons (Fsp3) is 0.241. The monoisotopic (exact) mass is 436 g/mol. The molecule has 2 aliphatic heterocycles. The highest BCUT2D eigenvalue weighted by Gasteiger charge is 2.43. The lowest BCUT2D eigenvalue weighted by Gasteiger charge is -2.32. The van der Waals surface area contributed by atoms with Gasteiger partial charge in [0.2, 0.25) is 0 Å². The van der Waals surface area contributed by atoms with Gasteiger partial charge in [-0.2, -0.15) is 0 Å². The molecule has 0 aliphatic carbocycles. The smallest absolute Gasteiger partial charge is 0.282 e. The lowest BCUT2D eigenvalue weighted by Crippen LogP contribution is -2.37. The lowest BCUT2D eigenvalue weighted by atomic mass is 9.98.